The van der Waals surface area contributed by atoms with E-state index in [2.05, 4.69) is 61.1 Å². The third-order valence-electron chi connectivity index (χ3n) is 4.22. The number of para-hydroxylation sites is 1. The van der Waals surface area contributed by atoms with Crippen molar-refractivity contribution in [3.63, 3.8) is 0 Å². The predicted molar refractivity (Wildman–Crippen MR) is 92.8 cm³/mol. The van der Waals surface area contributed by atoms with E-state index in [1.54, 1.807) is 0 Å². The highest BCUT2D eigenvalue weighted by Gasteiger charge is 2.08. The number of nitrogens with one attached hydrogen (secondary N) is 1. The van der Waals surface area contributed by atoms with E-state index in [4.69, 9.17) is 0 Å². The van der Waals surface area contributed by atoms with Crippen molar-refractivity contribution >= 4 is 10.9 Å². The van der Waals surface area contributed by atoms with E-state index >= 15 is 0 Å². The van der Waals surface area contributed by atoms with Crippen LogP contribution in [0.1, 0.15) is 45.6 Å². The molecule has 0 radical (unpaired) electrons. The lowest BCUT2D eigenvalue weighted by atomic mass is 10.1. The van der Waals surface area contributed by atoms with Crippen molar-refractivity contribution < 1.29 is 0 Å². The van der Waals surface area contributed by atoms with Crippen molar-refractivity contribution in [2.24, 2.45) is 5.92 Å². The molecular weight excluding hydrogens is 256 g/mol. The smallest absolute Gasteiger partial charge is 0.0456 e. The van der Waals surface area contributed by atoms with Crippen molar-refractivity contribution in [3.8, 4) is 0 Å². The summed E-state index contributed by atoms with van der Waals surface area (Å²) >= 11 is 0. The fourth-order valence-electron chi connectivity index (χ4n) is 2.77. The van der Waals surface area contributed by atoms with Gasteiger partial charge in [-0.1, -0.05) is 45.4 Å². The number of aromatic amines is 1. The summed E-state index contributed by atoms with van der Waals surface area (Å²) in [6.07, 6.45) is 7.23. The third kappa shape index (κ3) is 4.89. The molecule has 116 valence electrons. The summed E-state index contributed by atoms with van der Waals surface area (Å²) < 4.78 is 0. The van der Waals surface area contributed by atoms with Gasteiger partial charge in [0.1, 0.15) is 0 Å². The van der Waals surface area contributed by atoms with Crippen LogP contribution in [0.5, 0.6) is 0 Å². The molecule has 0 amide bonds. The molecule has 0 aliphatic heterocycles. The van der Waals surface area contributed by atoms with Crippen LogP contribution in [0.2, 0.25) is 0 Å². The molecule has 1 heterocycles. The summed E-state index contributed by atoms with van der Waals surface area (Å²) in [6.45, 7) is 10.6. The molecule has 0 aliphatic rings. The second-order valence-corrected chi connectivity index (χ2v) is 6.49. The van der Waals surface area contributed by atoms with Gasteiger partial charge in [0.2, 0.25) is 0 Å². The number of H-pyrrole nitrogens is 1. The summed E-state index contributed by atoms with van der Waals surface area (Å²) in [5.74, 6) is 0.794. The van der Waals surface area contributed by atoms with Crippen molar-refractivity contribution in [3.05, 3.63) is 36.0 Å². The molecule has 1 aromatic heterocycles. The molecule has 1 N–H and O–H groups in total. The van der Waals surface area contributed by atoms with E-state index in [-0.39, 0.29) is 0 Å². The molecular formula is C19H30N2. The van der Waals surface area contributed by atoms with E-state index in [0.717, 1.165) is 12.3 Å². The molecule has 21 heavy (non-hydrogen) atoms. The molecule has 2 rings (SSSR count). The first-order valence-electron chi connectivity index (χ1n) is 8.48. The Hall–Kier alpha value is -1.28. The maximum Gasteiger partial charge on any atom is 0.0456 e. The first-order chi connectivity index (χ1) is 10.2. The second kappa shape index (κ2) is 8.23. The molecule has 0 spiro atoms. The number of aromatic nitrogens is 1. The summed E-state index contributed by atoms with van der Waals surface area (Å²) in [4.78, 5) is 6.03. The van der Waals surface area contributed by atoms with Gasteiger partial charge < -0.3 is 9.88 Å². The van der Waals surface area contributed by atoms with E-state index in [0.29, 0.717) is 0 Å². The van der Waals surface area contributed by atoms with Gasteiger partial charge in [-0.3, -0.25) is 0 Å². The minimum absolute atomic E-state index is 0.794. The zero-order chi connectivity index (χ0) is 15.1. The molecule has 2 heteroatoms. The highest BCUT2D eigenvalue weighted by Crippen LogP contribution is 2.18. The number of hydrogen-bond acceptors (Lipinski definition) is 1. The number of benzene rings is 1. The van der Waals surface area contributed by atoms with Gasteiger partial charge >= 0.3 is 0 Å². The Morgan fingerprint density at radius 2 is 1.90 bits per heavy atom. The molecule has 0 saturated carbocycles. The van der Waals surface area contributed by atoms with Gasteiger partial charge in [-0.15, -0.1) is 0 Å². The molecule has 0 saturated heterocycles. The molecule has 0 unspecified atom stereocenters. The summed E-state index contributed by atoms with van der Waals surface area (Å²) in [5, 5.41) is 1.39. The summed E-state index contributed by atoms with van der Waals surface area (Å²) in [6, 6.07) is 8.62. The van der Waals surface area contributed by atoms with Crippen LogP contribution in [0.4, 0.5) is 0 Å². The Morgan fingerprint density at radius 1 is 1.10 bits per heavy atom. The Balaban J connectivity index is 1.93. The van der Waals surface area contributed by atoms with Crippen LogP contribution in [0.25, 0.3) is 10.9 Å². The van der Waals surface area contributed by atoms with Gasteiger partial charge in [-0.2, -0.15) is 0 Å². The van der Waals surface area contributed by atoms with Gasteiger partial charge in [-0.05, 0) is 49.9 Å². The fourth-order valence-corrected chi connectivity index (χ4v) is 2.77. The van der Waals surface area contributed by atoms with Crippen LogP contribution in [-0.2, 0) is 6.42 Å². The zero-order valence-electron chi connectivity index (χ0n) is 13.9. The van der Waals surface area contributed by atoms with E-state index in [9.17, 15) is 0 Å². The standard InChI is InChI=1S/C19H30N2/c1-4-5-12-21(13-10-16(2)3)14-11-17-15-20-19-9-7-6-8-18(17)19/h6-9,15-16,20H,4-5,10-14H2,1-3H3. The normalized spacial score (nSPS) is 11.9. The average Bonchev–Trinajstić information content (AvgIpc) is 2.89. The minimum Gasteiger partial charge on any atom is -0.361 e. The van der Waals surface area contributed by atoms with Crippen molar-refractivity contribution in [1.82, 2.24) is 9.88 Å². The lowest BCUT2D eigenvalue weighted by Gasteiger charge is -2.23. The highest BCUT2D eigenvalue weighted by molar-refractivity contribution is 5.83. The van der Waals surface area contributed by atoms with E-state index in [1.807, 2.05) is 0 Å². The van der Waals surface area contributed by atoms with E-state index in [1.165, 1.54) is 55.4 Å². The maximum atomic E-state index is 3.39. The van der Waals surface area contributed by atoms with Crippen LogP contribution in [-0.4, -0.2) is 29.5 Å². The first-order valence-corrected chi connectivity index (χ1v) is 8.48. The monoisotopic (exact) mass is 286 g/mol. The van der Waals surface area contributed by atoms with Gasteiger partial charge in [0.05, 0.1) is 0 Å². The van der Waals surface area contributed by atoms with Crippen LogP contribution >= 0.6 is 0 Å². The number of hydrogen-bond donors (Lipinski definition) is 1. The van der Waals surface area contributed by atoms with Crippen LogP contribution in [0.3, 0.4) is 0 Å². The Kier molecular flexibility index (Phi) is 6.31. The van der Waals surface area contributed by atoms with Gasteiger partial charge in [0.25, 0.3) is 0 Å². The molecule has 2 nitrogen and oxygen atoms in total. The number of unbranched alkanes of at least 4 members (excludes halogenated alkanes) is 1. The Bertz CT molecular complexity index is 527. The van der Waals surface area contributed by atoms with Gasteiger partial charge in [-0.25, -0.2) is 0 Å². The molecule has 0 bridgehead atoms. The molecule has 1 aromatic carbocycles. The first kappa shape index (κ1) is 16.1. The van der Waals surface area contributed by atoms with Gasteiger partial charge in [0, 0.05) is 23.6 Å². The predicted octanol–water partition coefficient (Wildman–Crippen LogP) is 4.86. The fraction of sp³-hybridized carbons (Fsp3) is 0.579. The maximum absolute atomic E-state index is 3.39. The number of rotatable bonds is 9. The van der Waals surface area contributed by atoms with Gasteiger partial charge in [0.15, 0.2) is 0 Å². The van der Waals surface area contributed by atoms with Crippen LogP contribution in [0, 0.1) is 5.92 Å². The second-order valence-electron chi connectivity index (χ2n) is 6.49. The zero-order valence-corrected chi connectivity index (χ0v) is 13.9. The third-order valence-corrected chi connectivity index (χ3v) is 4.22. The molecule has 0 fully saturated rings. The lowest BCUT2D eigenvalue weighted by Crippen LogP contribution is -2.29. The van der Waals surface area contributed by atoms with Crippen LogP contribution in [0.15, 0.2) is 30.5 Å². The number of fused-ring (bicyclic) bond motifs is 1. The number of nitrogens with zero attached hydrogens (tertiary/aromatic N) is 1. The average molecular weight is 286 g/mol. The highest BCUT2D eigenvalue weighted by atomic mass is 15.1. The van der Waals surface area contributed by atoms with Crippen molar-refractivity contribution in [2.45, 2.75) is 46.5 Å². The summed E-state index contributed by atoms with van der Waals surface area (Å²) in [5.41, 5.74) is 2.71. The van der Waals surface area contributed by atoms with Crippen molar-refractivity contribution in [2.75, 3.05) is 19.6 Å². The Labute approximate surface area is 129 Å². The topological polar surface area (TPSA) is 19.0 Å². The van der Waals surface area contributed by atoms with Crippen molar-refractivity contribution in [1.29, 1.82) is 0 Å². The largest absolute Gasteiger partial charge is 0.361 e. The molecule has 2 aromatic rings. The Morgan fingerprint density at radius 3 is 2.67 bits per heavy atom. The minimum atomic E-state index is 0.794. The van der Waals surface area contributed by atoms with Crippen LogP contribution < -0.4 is 0 Å². The SMILES string of the molecule is CCCCN(CCc1c[nH]c2ccccc12)CCC(C)C. The molecule has 0 aliphatic carbocycles. The summed E-state index contributed by atoms with van der Waals surface area (Å²) in [7, 11) is 0. The molecule has 0 atom stereocenters. The quantitative estimate of drug-likeness (QED) is 0.697. The van der Waals surface area contributed by atoms with E-state index < -0.39 is 0 Å². The lowest BCUT2D eigenvalue weighted by molar-refractivity contribution is 0.257.